The number of nitrogen functional groups attached to an aromatic ring is 1. The predicted molar refractivity (Wildman–Crippen MR) is 66.1 cm³/mol. The highest BCUT2D eigenvalue weighted by Gasteiger charge is 2.30. The SMILES string of the molecule is Nc1ncnc2c1ncn2-c1cccc(C(F)(F)F)c1. The van der Waals surface area contributed by atoms with Crippen molar-refractivity contribution in [2.24, 2.45) is 0 Å². The lowest BCUT2D eigenvalue weighted by atomic mass is 10.2. The number of nitrogens with zero attached hydrogens (tertiary/aromatic N) is 4. The summed E-state index contributed by atoms with van der Waals surface area (Å²) in [7, 11) is 0. The van der Waals surface area contributed by atoms with Crippen LogP contribution in [0.4, 0.5) is 19.0 Å². The van der Waals surface area contributed by atoms with E-state index >= 15 is 0 Å². The summed E-state index contributed by atoms with van der Waals surface area (Å²) in [5.74, 6) is 0.181. The molecule has 5 nitrogen and oxygen atoms in total. The van der Waals surface area contributed by atoms with Crippen molar-refractivity contribution in [3.8, 4) is 5.69 Å². The van der Waals surface area contributed by atoms with Gasteiger partial charge in [0.25, 0.3) is 0 Å². The minimum atomic E-state index is -4.40. The van der Waals surface area contributed by atoms with Gasteiger partial charge in [0.15, 0.2) is 17.0 Å². The molecule has 8 heteroatoms. The van der Waals surface area contributed by atoms with Crippen molar-refractivity contribution in [2.45, 2.75) is 6.18 Å². The molecule has 20 heavy (non-hydrogen) atoms. The van der Waals surface area contributed by atoms with Crippen LogP contribution in [0.5, 0.6) is 0 Å². The highest BCUT2D eigenvalue weighted by atomic mass is 19.4. The van der Waals surface area contributed by atoms with E-state index in [9.17, 15) is 13.2 Å². The van der Waals surface area contributed by atoms with Gasteiger partial charge in [-0.15, -0.1) is 0 Å². The monoisotopic (exact) mass is 279 g/mol. The van der Waals surface area contributed by atoms with Crippen molar-refractivity contribution in [3.05, 3.63) is 42.5 Å². The topological polar surface area (TPSA) is 69.6 Å². The van der Waals surface area contributed by atoms with Gasteiger partial charge in [-0.25, -0.2) is 15.0 Å². The summed E-state index contributed by atoms with van der Waals surface area (Å²) in [5.41, 5.74) is 5.92. The molecule has 102 valence electrons. The molecule has 0 saturated carbocycles. The lowest BCUT2D eigenvalue weighted by Crippen LogP contribution is -2.06. The van der Waals surface area contributed by atoms with Crippen LogP contribution >= 0.6 is 0 Å². The number of hydrogen-bond acceptors (Lipinski definition) is 4. The Morgan fingerprint density at radius 2 is 1.90 bits per heavy atom. The Labute approximate surface area is 110 Å². The van der Waals surface area contributed by atoms with Crippen LogP contribution in [0, 0.1) is 0 Å². The van der Waals surface area contributed by atoms with Gasteiger partial charge in [0.05, 0.1) is 5.56 Å². The second-order valence-electron chi connectivity index (χ2n) is 4.09. The number of hydrogen-bond donors (Lipinski definition) is 1. The number of alkyl halides is 3. The van der Waals surface area contributed by atoms with Gasteiger partial charge in [-0.2, -0.15) is 13.2 Å². The molecule has 3 aromatic rings. The molecule has 0 unspecified atom stereocenters. The molecule has 1 aromatic carbocycles. The van der Waals surface area contributed by atoms with E-state index in [2.05, 4.69) is 15.0 Å². The van der Waals surface area contributed by atoms with Gasteiger partial charge in [0.1, 0.15) is 12.7 Å². The number of aromatic nitrogens is 4. The number of imidazole rings is 1. The maximum atomic E-state index is 12.7. The van der Waals surface area contributed by atoms with Crippen molar-refractivity contribution in [2.75, 3.05) is 5.73 Å². The smallest absolute Gasteiger partial charge is 0.382 e. The van der Waals surface area contributed by atoms with Crippen molar-refractivity contribution in [3.63, 3.8) is 0 Å². The lowest BCUT2D eigenvalue weighted by Gasteiger charge is -2.09. The molecular formula is C12H8F3N5. The van der Waals surface area contributed by atoms with Gasteiger partial charge >= 0.3 is 6.18 Å². The van der Waals surface area contributed by atoms with Gasteiger partial charge in [0.2, 0.25) is 0 Å². The van der Waals surface area contributed by atoms with Gasteiger partial charge in [-0.3, -0.25) is 4.57 Å². The Bertz CT molecular complexity index is 778. The summed E-state index contributed by atoms with van der Waals surface area (Å²) in [6.45, 7) is 0. The molecule has 0 aliphatic carbocycles. The maximum Gasteiger partial charge on any atom is 0.416 e. The van der Waals surface area contributed by atoms with Crippen molar-refractivity contribution < 1.29 is 13.2 Å². The fourth-order valence-electron chi connectivity index (χ4n) is 1.87. The minimum Gasteiger partial charge on any atom is -0.382 e. The van der Waals surface area contributed by atoms with Gasteiger partial charge in [-0.1, -0.05) is 6.07 Å². The predicted octanol–water partition coefficient (Wildman–Crippen LogP) is 2.42. The van der Waals surface area contributed by atoms with E-state index in [1.165, 1.54) is 29.4 Å². The van der Waals surface area contributed by atoms with Crippen LogP contribution in [-0.2, 0) is 6.18 Å². The van der Waals surface area contributed by atoms with Crippen LogP contribution in [0.2, 0.25) is 0 Å². The zero-order valence-electron chi connectivity index (χ0n) is 9.96. The first-order valence-corrected chi connectivity index (χ1v) is 5.58. The zero-order chi connectivity index (χ0) is 14.3. The average Bonchev–Trinajstić information content (AvgIpc) is 2.83. The van der Waals surface area contributed by atoms with Crippen molar-refractivity contribution >= 4 is 17.0 Å². The van der Waals surface area contributed by atoms with Crippen LogP contribution in [-0.4, -0.2) is 19.5 Å². The highest BCUT2D eigenvalue weighted by molar-refractivity contribution is 5.82. The van der Waals surface area contributed by atoms with E-state index in [-0.39, 0.29) is 5.82 Å². The number of fused-ring (bicyclic) bond motifs is 1. The fourth-order valence-corrected chi connectivity index (χ4v) is 1.87. The first-order valence-electron chi connectivity index (χ1n) is 5.58. The largest absolute Gasteiger partial charge is 0.416 e. The molecule has 0 saturated heterocycles. The Morgan fingerprint density at radius 1 is 1.10 bits per heavy atom. The van der Waals surface area contributed by atoms with Crippen LogP contribution in [0.3, 0.4) is 0 Å². The molecule has 0 aliphatic heterocycles. The Hall–Kier alpha value is -2.64. The van der Waals surface area contributed by atoms with E-state index in [4.69, 9.17) is 5.73 Å². The molecule has 2 heterocycles. The van der Waals surface area contributed by atoms with Crippen LogP contribution in [0.1, 0.15) is 5.56 Å². The second-order valence-corrected chi connectivity index (χ2v) is 4.09. The van der Waals surface area contributed by atoms with E-state index in [1.807, 2.05) is 0 Å². The number of anilines is 1. The fraction of sp³-hybridized carbons (Fsp3) is 0.0833. The average molecular weight is 279 g/mol. The summed E-state index contributed by atoms with van der Waals surface area (Å²) in [6.07, 6.45) is -1.80. The zero-order valence-corrected chi connectivity index (χ0v) is 9.96. The molecular weight excluding hydrogens is 271 g/mol. The Morgan fingerprint density at radius 3 is 2.65 bits per heavy atom. The molecule has 0 aliphatic rings. The highest BCUT2D eigenvalue weighted by Crippen LogP contribution is 2.30. The van der Waals surface area contributed by atoms with E-state index in [1.54, 1.807) is 0 Å². The molecule has 0 radical (unpaired) electrons. The van der Waals surface area contributed by atoms with E-state index < -0.39 is 11.7 Å². The Kier molecular flexibility index (Phi) is 2.60. The molecule has 0 spiro atoms. The molecule has 0 fully saturated rings. The normalized spacial score (nSPS) is 11.9. The number of rotatable bonds is 1. The van der Waals surface area contributed by atoms with Crippen molar-refractivity contribution in [1.29, 1.82) is 0 Å². The second kappa shape index (κ2) is 4.19. The van der Waals surface area contributed by atoms with Gasteiger partial charge < -0.3 is 5.73 Å². The minimum absolute atomic E-state index is 0.181. The Balaban J connectivity index is 2.19. The first kappa shape index (κ1) is 12.4. The van der Waals surface area contributed by atoms with Gasteiger partial charge in [0, 0.05) is 5.69 Å². The molecule has 2 N–H and O–H groups in total. The third-order valence-corrected chi connectivity index (χ3v) is 2.81. The van der Waals surface area contributed by atoms with E-state index in [0.29, 0.717) is 16.9 Å². The number of halogens is 3. The van der Waals surface area contributed by atoms with Gasteiger partial charge in [-0.05, 0) is 18.2 Å². The van der Waals surface area contributed by atoms with Crippen LogP contribution in [0.25, 0.3) is 16.9 Å². The summed E-state index contributed by atoms with van der Waals surface area (Å²) < 4.78 is 39.6. The van der Waals surface area contributed by atoms with E-state index in [0.717, 1.165) is 12.1 Å². The quantitative estimate of drug-likeness (QED) is 0.742. The van der Waals surface area contributed by atoms with Crippen LogP contribution < -0.4 is 5.73 Å². The summed E-state index contributed by atoms with van der Waals surface area (Å²) >= 11 is 0. The summed E-state index contributed by atoms with van der Waals surface area (Å²) in [5, 5.41) is 0. The molecule has 0 bridgehead atoms. The summed E-state index contributed by atoms with van der Waals surface area (Å²) in [4.78, 5) is 11.8. The third-order valence-electron chi connectivity index (χ3n) is 2.81. The molecule has 3 rings (SSSR count). The summed E-state index contributed by atoms with van der Waals surface area (Å²) in [6, 6.07) is 4.90. The number of benzene rings is 1. The molecule has 0 amide bonds. The third kappa shape index (κ3) is 1.94. The standard InChI is InChI=1S/C12H8F3N5/c13-12(14,15)7-2-1-3-8(4-7)20-6-19-9-10(16)17-5-18-11(9)20/h1-6H,(H2,16,17,18). The molecule has 2 aromatic heterocycles. The molecule has 0 atom stereocenters. The first-order chi connectivity index (χ1) is 9.47. The maximum absolute atomic E-state index is 12.7. The number of nitrogens with two attached hydrogens (primary N) is 1. The van der Waals surface area contributed by atoms with Crippen LogP contribution in [0.15, 0.2) is 36.9 Å². The van der Waals surface area contributed by atoms with Crippen molar-refractivity contribution in [1.82, 2.24) is 19.5 Å². The lowest BCUT2D eigenvalue weighted by molar-refractivity contribution is -0.137.